The van der Waals surface area contributed by atoms with Gasteiger partial charge in [0, 0.05) is 18.3 Å². The number of rotatable bonds is 8. The van der Waals surface area contributed by atoms with E-state index in [0.717, 1.165) is 38.8 Å². The molecule has 0 unspecified atom stereocenters. The molecule has 1 N–H and O–H groups in total. The number of nitrogens with zero attached hydrogens (tertiary/aromatic N) is 2. The van der Waals surface area contributed by atoms with Crippen LogP contribution in [0.2, 0.25) is 0 Å². The summed E-state index contributed by atoms with van der Waals surface area (Å²) in [6.45, 7) is 13.2. The van der Waals surface area contributed by atoms with E-state index in [-0.39, 0.29) is 0 Å². The van der Waals surface area contributed by atoms with Crippen LogP contribution >= 0.6 is 0 Å². The Bertz CT molecular complexity index is 353. The third kappa shape index (κ3) is 3.84. The van der Waals surface area contributed by atoms with Gasteiger partial charge in [-0.1, -0.05) is 34.6 Å². The summed E-state index contributed by atoms with van der Waals surface area (Å²) < 4.78 is 2.23. The molecule has 0 spiro atoms. The molecular weight excluding hydrogens is 222 g/mol. The van der Waals surface area contributed by atoms with Gasteiger partial charge in [0.1, 0.15) is 0 Å². The van der Waals surface area contributed by atoms with E-state index in [1.54, 1.807) is 0 Å². The van der Waals surface area contributed by atoms with Crippen molar-refractivity contribution in [3.05, 3.63) is 17.0 Å². The number of aromatic nitrogens is 2. The summed E-state index contributed by atoms with van der Waals surface area (Å²) in [4.78, 5) is 0. The van der Waals surface area contributed by atoms with Gasteiger partial charge in [0.2, 0.25) is 0 Å². The van der Waals surface area contributed by atoms with E-state index in [2.05, 4.69) is 44.6 Å². The Kier molecular flexibility index (Phi) is 6.41. The molecule has 0 saturated heterocycles. The Hall–Kier alpha value is -0.830. The second-order valence-electron chi connectivity index (χ2n) is 5.16. The average molecular weight is 251 g/mol. The Labute approximate surface area is 112 Å². The first kappa shape index (κ1) is 15.2. The largest absolute Gasteiger partial charge is 0.314 e. The average Bonchev–Trinajstić information content (AvgIpc) is 2.66. The third-order valence-electron chi connectivity index (χ3n) is 3.28. The normalized spacial score (nSPS) is 11.4. The SMILES string of the molecule is CCCn1nc(CC)c(CCNC(C)C)c1CC. The fraction of sp³-hybridized carbons (Fsp3) is 0.800. The quantitative estimate of drug-likeness (QED) is 0.770. The Balaban J connectivity index is 2.85. The van der Waals surface area contributed by atoms with Crippen molar-refractivity contribution in [1.29, 1.82) is 0 Å². The van der Waals surface area contributed by atoms with Crippen LogP contribution in [0.25, 0.3) is 0 Å². The van der Waals surface area contributed by atoms with Crippen LogP contribution in [-0.4, -0.2) is 22.4 Å². The van der Waals surface area contributed by atoms with Gasteiger partial charge in [0.05, 0.1) is 5.69 Å². The number of hydrogen-bond acceptors (Lipinski definition) is 2. The van der Waals surface area contributed by atoms with Crippen molar-refractivity contribution in [2.24, 2.45) is 0 Å². The van der Waals surface area contributed by atoms with Crippen molar-refractivity contribution >= 4 is 0 Å². The Morgan fingerprint density at radius 1 is 1.17 bits per heavy atom. The van der Waals surface area contributed by atoms with Gasteiger partial charge >= 0.3 is 0 Å². The highest BCUT2D eigenvalue weighted by molar-refractivity contribution is 5.27. The fourth-order valence-electron chi connectivity index (χ4n) is 2.44. The van der Waals surface area contributed by atoms with Gasteiger partial charge < -0.3 is 5.32 Å². The first-order valence-corrected chi connectivity index (χ1v) is 7.44. The smallest absolute Gasteiger partial charge is 0.0657 e. The lowest BCUT2D eigenvalue weighted by Crippen LogP contribution is -2.25. The summed E-state index contributed by atoms with van der Waals surface area (Å²) in [6, 6.07) is 0.561. The van der Waals surface area contributed by atoms with E-state index in [1.165, 1.54) is 17.0 Å². The lowest BCUT2D eigenvalue weighted by Gasteiger charge is -2.10. The van der Waals surface area contributed by atoms with E-state index < -0.39 is 0 Å². The van der Waals surface area contributed by atoms with Gasteiger partial charge in [-0.25, -0.2) is 0 Å². The molecule has 0 aromatic carbocycles. The van der Waals surface area contributed by atoms with Crippen LogP contribution in [0.1, 0.15) is 58.0 Å². The predicted octanol–water partition coefficient (Wildman–Crippen LogP) is 2.96. The highest BCUT2D eigenvalue weighted by atomic mass is 15.3. The van der Waals surface area contributed by atoms with E-state index in [0.29, 0.717) is 6.04 Å². The van der Waals surface area contributed by atoms with Crippen molar-refractivity contribution in [2.45, 2.75) is 72.9 Å². The Morgan fingerprint density at radius 2 is 1.89 bits per heavy atom. The molecule has 1 heterocycles. The molecule has 0 aliphatic heterocycles. The highest BCUT2D eigenvalue weighted by Crippen LogP contribution is 2.17. The maximum absolute atomic E-state index is 4.78. The van der Waals surface area contributed by atoms with Crippen LogP contribution in [0.5, 0.6) is 0 Å². The highest BCUT2D eigenvalue weighted by Gasteiger charge is 2.14. The molecule has 3 nitrogen and oxygen atoms in total. The van der Waals surface area contributed by atoms with Crippen LogP contribution in [0.3, 0.4) is 0 Å². The zero-order valence-corrected chi connectivity index (χ0v) is 12.7. The molecule has 0 atom stereocenters. The monoisotopic (exact) mass is 251 g/mol. The first-order valence-electron chi connectivity index (χ1n) is 7.44. The molecule has 0 amide bonds. The second-order valence-corrected chi connectivity index (χ2v) is 5.16. The minimum atomic E-state index is 0.561. The van der Waals surface area contributed by atoms with Crippen molar-refractivity contribution < 1.29 is 0 Å². The van der Waals surface area contributed by atoms with E-state index in [9.17, 15) is 0 Å². The van der Waals surface area contributed by atoms with Gasteiger partial charge in [0.25, 0.3) is 0 Å². The molecule has 1 aromatic heterocycles. The summed E-state index contributed by atoms with van der Waals surface area (Å²) in [5.41, 5.74) is 4.23. The molecule has 0 bridgehead atoms. The maximum atomic E-state index is 4.78. The van der Waals surface area contributed by atoms with Crippen LogP contribution < -0.4 is 5.32 Å². The molecule has 3 heteroatoms. The molecule has 0 aliphatic rings. The second kappa shape index (κ2) is 7.57. The molecular formula is C15H29N3. The van der Waals surface area contributed by atoms with Gasteiger partial charge in [-0.3, -0.25) is 4.68 Å². The lowest BCUT2D eigenvalue weighted by atomic mass is 10.1. The molecule has 0 aliphatic carbocycles. The van der Waals surface area contributed by atoms with Crippen molar-refractivity contribution in [1.82, 2.24) is 15.1 Å². The minimum absolute atomic E-state index is 0.561. The van der Waals surface area contributed by atoms with Crippen LogP contribution in [0, 0.1) is 0 Å². The molecule has 1 rings (SSSR count). The molecule has 1 aromatic rings. The van der Waals surface area contributed by atoms with Gasteiger partial charge in [-0.2, -0.15) is 5.10 Å². The van der Waals surface area contributed by atoms with Crippen molar-refractivity contribution in [2.75, 3.05) is 6.54 Å². The third-order valence-corrected chi connectivity index (χ3v) is 3.28. The van der Waals surface area contributed by atoms with E-state index in [1.807, 2.05) is 0 Å². The van der Waals surface area contributed by atoms with Crippen molar-refractivity contribution in [3.63, 3.8) is 0 Å². The Morgan fingerprint density at radius 3 is 2.39 bits per heavy atom. The van der Waals surface area contributed by atoms with Crippen LogP contribution in [0.4, 0.5) is 0 Å². The summed E-state index contributed by atoms with van der Waals surface area (Å²) in [6.07, 6.45) is 4.39. The van der Waals surface area contributed by atoms with Gasteiger partial charge in [0.15, 0.2) is 0 Å². The van der Waals surface area contributed by atoms with E-state index in [4.69, 9.17) is 5.10 Å². The number of hydrogen-bond donors (Lipinski definition) is 1. The molecule has 18 heavy (non-hydrogen) atoms. The minimum Gasteiger partial charge on any atom is -0.314 e. The lowest BCUT2D eigenvalue weighted by molar-refractivity contribution is 0.567. The predicted molar refractivity (Wildman–Crippen MR) is 78.1 cm³/mol. The topological polar surface area (TPSA) is 29.9 Å². The first-order chi connectivity index (χ1) is 8.63. The van der Waals surface area contributed by atoms with Gasteiger partial charge in [-0.05, 0) is 37.8 Å². The fourth-order valence-corrected chi connectivity index (χ4v) is 2.44. The summed E-state index contributed by atoms with van der Waals surface area (Å²) in [7, 11) is 0. The summed E-state index contributed by atoms with van der Waals surface area (Å²) in [5, 5.41) is 8.28. The number of aryl methyl sites for hydroxylation is 2. The maximum Gasteiger partial charge on any atom is 0.0657 e. The summed E-state index contributed by atoms with van der Waals surface area (Å²) in [5.74, 6) is 0. The van der Waals surface area contributed by atoms with Crippen molar-refractivity contribution in [3.8, 4) is 0 Å². The molecule has 0 saturated carbocycles. The van der Waals surface area contributed by atoms with Crippen LogP contribution in [-0.2, 0) is 25.8 Å². The molecule has 104 valence electrons. The zero-order chi connectivity index (χ0) is 13.5. The van der Waals surface area contributed by atoms with E-state index >= 15 is 0 Å². The molecule has 0 radical (unpaired) electrons. The summed E-state index contributed by atoms with van der Waals surface area (Å²) >= 11 is 0. The van der Waals surface area contributed by atoms with Gasteiger partial charge in [-0.15, -0.1) is 0 Å². The van der Waals surface area contributed by atoms with Crippen LogP contribution in [0.15, 0.2) is 0 Å². The zero-order valence-electron chi connectivity index (χ0n) is 12.7. The standard InChI is InChI=1S/C15H29N3/c1-6-11-18-15(8-3)13(14(7-2)17-18)9-10-16-12(4)5/h12,16H,6-11H2,1-5H3. The molecule has 0 fully saturated rings. The number of nitrogens with one attached hydrogen (secondary N) is 1.